The predicted octanol–water partition coefficient (Wildman–Crippen LogP) is 2.32. The molecule has 0 saturated carbocycles. The molecule has 2 aromatic rings. The summed E-state index contributed by atoms with van der Waals surface area (Å²) in [5.41, 5.74) is 1.60. The van der Waals surface area contributed by atoms with E-state index in [9.17, 15) is 14.7 Å². The Bertz CT molecular complexity index is 637. The minimum atomic E-state index is -1.12. The van der Waals surface area contributed by atoms with Crippen molar-refractivity contribution in [1.82, 2.24) is 5.32 Å². The Morgan fingerprint density at radius 1 is 1.09 bits per heavy atom. The van der Waals surface area contributed by atoms with Crippen molar-refractivity contribution in [2.75, 3.05) is 6.61 Å². The van der Waals surface area contributed by atoms with Crippen LogP contribution in [0.3, 0.4) is 0 Å². The molecule has 22 heavy (non-hydrogen) atoms. The van der Waals surface area contributed by atoms with Crippen molar-refractivity contribution in [2.24, 2.45) is 0 Å². The van der Waals surface area contributed by atoms with E-state index in [-0.39, 0.29) is 6.61 Å². The molecule has 1 amide bonds. The molecule has 5 nitrogen and oxygen atoms in total. The molecule has 1 atom stereocenters. The molecule has 0 aliphatic heterocycles. The Labute approximate surface area is 128 Å². The third-order valence-corrected chi connectivity index (χ3v) is 3.08. The normalized spacial score (nSPS) is 11.5. The highest BCUT2D eigenvalue weighted by molar-refractivity contribution is 5.85. The van der Waals surface area contributed by atoms with Gasteiger partial charge in [0.15, 0.2) is 12.6 Å². The van der Waals surface area contributed by atoms with E-state index in [1.54, 1.807) is 42.5 Å². The minimum absolute atomic E-state index is 0.236. The quantitative estimate of drug-likeness (QED) is 0.858. The van der Waals surface area contributed by atoms with E-state index in [1.807, 2.05) is 19.1 Å². The first-order valence-corrected chi connectivity index (χ1v) is 6.83. The van der Waals surface area contributed by atoms with Gasteiger partial charge in [0.25, 0.3) is 5.91 Å². The van der Waals surface area contributed by atoms with E-state index in [0.717, 1.165) is 5.56 Å². The lowest BCUT2D eigenvalue weighted by atomic mass is 10.1. The highest BCUT2D eigenvalue weighted by Crippen LogP contribution is 2.13. The number of carbonyl (C=O) groups is 2. The maximum atomic E-state index is 11.9. The summed E-state index contributed by atoms with van der Waals surface area (Å²) in [6.07, 6.45) is 0. The average Bonchev–Trinajstić information content (AvgIpc) is 2.52. The monoisotopic (exact) mass is 299 g/mol. The second kappa shape index (κ2) is 7.26. The van der Waals surface area contributed by atoms with Crippen LogP contribution in [0.25, 0.3) is 0 Å². The van der Waals surface area contributed by atoms with Crippen LogP contribution in [0.2, 0.25) is 0 Å². The van der Waals surface area contributed by atoms with Crippen molar-refractivity contribution in [2.45, 2.75) is 13.0 Å². The summed E-state index contributed by atoms with van der Waals surface area (Å²) in [6, 6.07) is 14.7. The van der Waals surface area contributed by atoms with Gasteiger partial charge in [-0.15, -0.1) is 0 Å². The van der Waals surface area contributed by atoms with Crippen LogP contribution in [0.15, 0.2) is 54.6 Å². The van der Waals surface area contributed by atoms with Gasteiger partial charge < -0.3 is 15.2 Å². The zero-order valence-electron chi connectivity index (χ0n) is 12.2. The number of carboxylic acid groups (broad SMARTS) is 1. The molecule has 0 radical (unpaired) electrons. The van der Waals surface area contributed by atoms with Gasteiger partial charge in [0, 0.05) is 0 Å². The van der Waals surface area contributed by atoms with Crippen LogP contribution in [0.4, 0.5) is 0 Å². The van der Waals surface area contributed by atoms with Crippen molar-refractivity contribution in [3.63, 3.8) is 0 Å². The zero-order valence-corrected chi connectivity index (χ0v) is 12.2. The summed E-state index contributed by atoms with van der Waals surface area (Å²) in [7, 11) is 0. The highest BCUT2D eigenvalue weighted by atomic mass is 16.5. The number of hydrogen-bond acceptors (Lipinski definition) is 3. The van der Waals surface area contributed by atoms with Crippen LogP contribution in [0.1, 0.15) is 17.2 Å². The molecule has 0 fully saturated rings. The molecular weight excluding hydrogens is 282 g/mol. The second-order valence-electron chi connectivity index (χ2n) is 4.85. The number of rotatable bonds is 6. The lowest BCUT2D eigenvalue weighted by Crippen LogP contribution is -2.36. The van der Waals surface area contributed by atoms with Crippen molar-refractivity contribution in [1.29, 1.82) is 0 Å². The van der Waals surface area contributed by atoms with Gasteiger partial charge in [-0.2, -0.15) is 0 Å². The molecule has 0 aliphatic rings. The van der Waals surface area contributed by atoms with E-state index in [0.29, 0.717) is 11.3 Å². The van der Waals surface area contributed by atoms with E-state index in [1.165, 1.54) is 0 Å². The van der Waals surface area contributed by atoms with Gasteiger partial charge >= 0.3 is 5.97 Å². The van der Waals surface area contributed by atoms with Gasteiger partial charge in [-0.05, 0) is 24.6 Å². The summed E-state index contributed by atoms with van der Waals surface area (Å²) >= 11 is 0. The maximum absolute atomic E-state index is 11.9. The van der Waals surface area contributed by atoms with Crippen LogP contribution in [-0.2, 0) is 9.59 Å². The molecule has 2 N–H and O–H groups in total. The fourth-order valence-corrected chi connectivity index (χ4v) is 1.92. The molecule has 5 heteroatoms. The topological polar surface area (TPSA) is 75.6 Å². The van der Waals surface area contributed by atoms with Gasteiger partial charge in [0.1, 0.15) is 5.75 Å². The molecule has 2 aromatic carbocycles. The molecular formula is C17H17NO4. The number of ether oxygens (including phenoxy) is 1. The average molecular weight is 299 g/mol. The van der Waals surface area contributed by atoms with Crippen LogP contribution in [0, 0.1) is 6.92 Å². The lowest BCUT2D eigenvalue weighted by molar-refractivity contribution is -0.142. The fourth-order valence-electron chi connectivity index (χ4n) is 1.92. The van der Waals surface area contributed by atoms with Crippen LogP contribution in [-0.4, -0.2) is 23.6 Å². The molecule has 114 valence electrons. The number of aryl methyl sites for hydroxylation is 1. The Kier molecular flexibility index (Phi) is 5.14. The number of carboxylic acids is 1. The summed E-state index contributed by atoms with van der Waals surface area (Å²) in [4.78, 5) is 23.2. The Morgan fingerprint density at radius 2 is 1.73 bits per heavy atom. The SMILES string of the molecule is Cc1ccc(OCC(=O)NC(C(=O)O)c2ccccc2)cc1. The molecule has 0 spiro atoms. The summed E-state index contributed by atoms with van der Waals surface area (Å²) in [5.74, 6) is -1.04. The number of aliphatic carboxylic acids is 1. The van der Waals surface area contributed by atoms with E-state index < -0.39 is 17.9 Å². The van der Waals surface area contributed by atoms with Crippen LogP contribution < -0.4 is 10.1 Å². The van der Waals surface area contributed by atoms with E-state index >= 15 is 0 Å². The van der Waals surface area contributed by atoms with Crippen molar-refractivity contribution < 1.29 is 19.4 Å². The molecule has 0 heterocycles. The Balaban J connectivity index is 1.94. The molecule has 0 aromatic heterocycles. The van der Waals surface area contributed by atoms with Gasteiger partial charge in [-0.1, -0.05) is 48.0 Å². The third-order valence-electron chi connectivity index (χ3n) is 3.08. The summed E-state index contributed by atoms with van der Waals surface area (Å²) in [5, 5.41) is 11.7. The van der Waals surface area contributed by atoms with Crippen molar-refractivity contribution in [3.05, 3.63) is 65.7 Å². The van der Waals surface area contributed by atoms with Crippen LogP contribution >= 0.6 is 0 Å². The molecule has 0 saturated heterocycles. The first-order chi connectivity index (χ1) is 10.6. The lowest BCUT2D eigenvalue weighted by Gasteiger charge is -2.15. The fraction of sp³-hybridized carbons (Fsp3) is 0.176. The van der Waals surface area contributed by atoms with Gasteiger partial charge in [-0.3, -0.25) is 4.79 Å². The molecule has 0 bridgehead atoms. The summed E-state index contributed by atoms with van der Waals surface area (Å²) < 4.78 is 5.33. The number of nitrogens with one attached hydrogen (secondary N) is 1. The molecule has 2 rings (SSSR count). The van der Waals surface area contributed by atoms with Crippen molar-refractivity contribution in [3.8, 4) is 5.75 Å². The third kappa shape index (κ3) is 4.34. The maximum Gasteiger partial charge on any atom is 0.330 e. The first-order valence-electron chi connectivity index (χ1n) is 6.83. The van der Waals surface area contributed by atoms with Crippen LogP contribution in [0.5, 0.6) is 5.75 Å². The van der Waals surface area contributed by atoms with Gasteiger partial charge in [-0.25, -0.2) is 4.79 Å². The van der Waals surface area contributed by atoms with E-state index in [4.69, 9.17) is 4.74 Å². The number of amides is 1. The van der Waals surface area contributed by atoms with E-state index in [2.05, 4.69) is 5.32 Å². The second-order valence-corrected chi connectivity index (χ2v) is 4.85. The molecule has 0 aliphatic carbocycles. The predicted molar refractivity (Wildman–Crippen MR) is 81.6 cm³/mol. The first kappa shape index (κ1) is 15.6. The summed E-state index contributed by atoms with van der Waals surface area (Å²) in [6.45, 7) is 1.72. The number of hydrogen-bond donors (Lipinski definition) is 2. The largest absolute Gasteiger partial charge is 0.484 e. The van der Waals surface area contributed by atoms with Gasteiger partial charge in [0.2, 0.25) is 0 Å². The number of carbonyl (C=O) groups excluding carboxylic acids is 1. The number of benzene rings is 2. The highest BCUT2D eigenvalue weighted by Gasteiger charge is 2.21. The molecule has 1 unspecified atom stereocenters. The van der Waals surface area contributed by atoms with Crippen molar-refractivity contribution >= 4 is 11.9 Å². The Morgan fingerprint density at radius 3 is 2.32 bits per heavy atom. The van der Waals surface area contributed by atoms with Gasteiger partial charge in [0.05, 0.1) is 0 Å². The Hall–Kier alpha value is -2.82. The smallest absolute Gasteiger partial charge is 0.330 e. The minimum Gasteiger partial charge on any atom is -0.484 e. The standard InChI is InChI=1S/C17H17NO4/c1-12-7-9-14(10-8-12)22-11-15(19)18-16(17(20)21)13-5-3-2-4-6-13/h2-10,16H,11H2,1H3,(H,18,19)(H,20,21). The zero-order chi connectivity index (χ0) is 15.9.